The van der Waals surface area contributed by atoms with E-state index in [1.165, 1.54) is 6.42 Å². The highest BCUT2D eigenvalue weighted by molar-refractivity contribution is 6.31. The zero-order valence-electron chi connectivity index (χ0n) is 13.3. The van der Waals surface area contributed by atoms with Crippen LogP contribution in [-0.4, -0.2) is 53.6 Å². The van der Waals surface area contributed by atoms with Crippen molar-refractivity contribution in [2.75, 3.05) is 32.8 Å². The zero-order valence-corrected chi connectivity index (χ0v) is 14.1. The number of hydrogen-bond acceptors (Lipinski definition) is 4. The Hall–Kier alpha value is -0.620. The van der Waals surface area contributed by atoms with Crippen LogP contribution in [0.2, 0.25) is 5.02 Å². The van der Waals surface area contributed by atoms with Gasteiger partial charge in [-0.05, 0) is 25.9 Å². The molecule has 0 aliphatic carbocycles. The summed E-state index contributed by atoms with van der Waals surface area (Å²) in [5.41, 5.74) is 1.02. The van der Waals surface area contributed by atoms with Gasteiger partial charge in [-0.3, -0.25) is 9.58 Å². The Kier molecular flexibility index (Phi) is 6.48. The summed E-state index contributed by atoms with van der Waals surface area (Å²) in [6.45, 7) is 9.19. The summed E-state index contributed by atoms with van der Waals surface area (Å²) in [5, 5.41) is 8.57. The molecule has 6 heteroatoms. The van der Waals surface area contributed by atoms with Crippen molar-refractivity contribution in [2.24, 2.45) is 7.05 Å². The average molecular weight is 315 g/mol. The quantitative estimate of drug-likeness (QED) is 0.838. The van der Waals surface area contributed by atoms with Gasteiger partial charge in [0.25, 0.3) is 0 Å². The average Bonchev–Trinajstić information content (AvgIpc) is 2.81. The van der Waals surface area contributed by atoms with E-state index in [0.29, 0.717) is 5.02 Å². The Balaban J connectivity index is 2.15. The fourth-order valence-electron chi connectivity index (χ4n) is 2.93. The zero-order chi connectivity index (χ0) is 15.2. The monoisotopic (exact) mass is 314 g/mol. The van der Waals surface area contributed by atoms with E-state index in [-0.39, 0.29) is 12.1 Å². The predicted molar refractivity (Wildman–Crippen MR) is 85.7 cm³/mol. The molecule has 2 unspecified atom stereocenters. The van der Waals surface area contributed by atoms with Crippen LogP contribution in [-0.2, 0) is 11.8 Å². The van der Waals surface area contributed by atoms with E-state index < -0.39 is 0 Å². The third-order valence-corrected chi connectivity index (χ3v) is 4.23. The van der Waals surface area contributed by atoms with E-state index in [1.807, 2.05) is 11.7 Å². The summed E-state index contributed by atoms with van der Waals surface area (Å²) < 4.78 is 7.90. The number of rotatable bonds is 7. The van der Waals surface area contributed by atoms with E-state index in [9.17, 15) is 0 Å². The molecule has 0 bridgehead atoms. The molecule has 1 fully saturated rings. The van der Waals surface area contributed by atoms with Gasteiger partial charge in [-0.2, -0.15) is 5.10 Å². The van der Waals surface area contributed by atoms with E-state index in [4.69, 9.17) is 16.3 Å². The van der Waals surface area contributed by atoms with Crippen molar-refractivity contribution < 1.29 is 4.74 Å². The third kappa shape index (κ3) is 4.19. The molecule has 5 nitrogen and oxygen atoms in total. The van der Waals surface area contributed by atoms with Gasteiger partial charge in [0, 0.05) is 20.1 Å². The van der Waals surface area contributed by atoms with E-state index in [0.717, 1.165) is 44.9 Å². The van der Waals surface area contributed by atoms with Gasteiger partial charge in [-0.15, -0.1) is 0 Å². The van der Waals surface area contributed by atoms with Gasteiger partial charge in [0.05, 0.1) is 35.7 Å². The van der Waals surface area contributed by atoms with Gasteiger partial charge in [-0.25, -0.2) is 0 Å². The lowest BCUT2D eigenvalue weighted by molar-refractivity contribution is -0.0482. The van der Waals surface area contributed by atoms with Crippen LogP contribution >= 0.6 is 11.6 Å². The van der Waals surface area contributed by atoms with Crippen LogP contribution < -0.4 is 5.32 Å². The number of ether oxygens (including phenoxy) is 1. The van der Waals surface area contributed by atoms with Crippen molar-refractivity contribution >= 4 is 11.6 Å². The molecule has 0 spiro atoms. The smallest absolute Gasteiger partial charge is 0.0912 e. The second-order valence-electron chi connectivity index (χ2n) is 5.64. The lowest BCUT2D eigenvalue weighted by Gasteiger charge is -2.37. The van der Waals surface area contributed by atoms with E-state index >= 15 is 0 Å². The number of morpholine rings is 1. The van der Waals surface area contributed by atoms with Crippen molar-refractivity contribution in [2.45, 2.75) is 38.8 Å². The first kappa shape index (κ1) is 16.7. The van der Waals surface area contributed by atoms with Crippen molar-refractivity contribution in [1.29, 1.82) is 0 Å². The molecule has 1 N–H and O–H groups in total. The summed E-state index contributed by atoms with van der Waals surface area (Å²) in [6, 6.07) is 0.0876. The lowest BCUT2D eigenvalue weighted by atomic mass is 10.0. The minimum absolute atomic E-state index is 0.0876. The fourth-order valence-corrected chi connectivity index (χ4v) is 3.21. The van der Waals surface area contributed by atoms with Crippen LogP contribution in [0, 0.1) is 0 Å². The number of aromatic nitrogens is 2. The highest BCUT2D eigenvalue weighted by atomic mass is 35.5. The summed E-state index contributed by atoms with van der Waals surface area (Å²) in [4.78, 5) is 2.47. The fraction of sp³-hybridized carbons (Fsp3) is 0.800. The van der Waals surface area contributed by atoms with Crippen LogP contribution in [0.1, 0.15) is 38.4 Å². The first-order chi connectivity index (χ1) is 10.2. The first-order valence-electron chi connectivity index (χ1n) is 7.92. The first-order valence-corrected chi connectivity index (χ1v) is 8.29. The normalized spacial score (nSPS) is 21.6. The molecular weight excluding hydrogens is 288 g/mol. The van der Waals surface area contributed by atoms with Gasteiger partial charge >= 0.3 is 0 Å². The van der Waals surface area contributed by atoms with Crippen LogP contribution in [0.4, 0.5) is 0 Å². The number of nitrogens with zero attached hydrogens (tertiary/aromatic N) is 3. The Morgan fingerprint density at radius 3 is 2.90 bits per heavy atom. The number of halogens is 1. The Labute approximate surface area is 132 Å². The van der Waals surface area contributed by atoms with Crippen LogP contribution in [0.25, 0.3) is 0 Å². The standard InChI is InChI=1S/C15H27ClN4O/c1-4-6-17-14(15-12(16)10-18-19(15)3)13-11-20(7-5-2)8-9-21-13/h10,13-14,17H,4-9,11H2,1-3H3. The molecule has 120 valence electrons. The molecule has 0 amide bonds. The molecule has 1 aromatic heterocycles. The largest absolute Gasteiger partial charge is 0.374 e. The molecule has 1 aliphatic rings. The van der Waals surface area contributed by atoms with E-state index in [1.54, 1.807) is 6.20 Å². The molecule has 1 aliphatic heterocycles. The summed E-state index contributed by atoms with van der Waals surface area (Å²) >= 11 is 6.34. The molecule has 2 rings (SSSR count). The van der Waals surface area contributed by atoms with Crippen LogP contribution in [0.5, 0.6) is 0 Å². The lowest BCUT2D eigenvalue weighted by Crippen LogP contribution is -2.49. The minimum atomic E-state index is 0.0876. The maximum absolute atomic E-state index is 6.34. The van der Waals surface area contributed by atoms with Gasteiger partial charge < -0.3 is 10.1 Å². The maximum Gasteiger partial charge on any atom is 0.0912 e. The minimum Gasteiger partial charge on any atom is -0.374 e. The third-order valence-electron chi connectivity index (χ3n) is 3.94. The molecule has 2 atom stereocenters. The van der Waals surface area contributed by atoms with Gasteiger partial charge in [0.15, 0.2) is 0 Å². The van der Waals surface area contributed by atoms with Crippen molar-refractivity contribution in [3.8, 4) is 0 Å². The molecule has 1 saturated heterocycles. The van der Waals surface area contributed by atoms with Gasteiger partial charge in [0.1, 0.15) is 0 Å². The number of hydrogen-bond donors (Lipinski definition) is 1. The van der Waals surface area contributed by atoms with Crippen LogP contribution in [0.3, 0.4) is 0 Å². The molecular formula is C15H27ClN4O. The Bertz CT molecular complexity index is 416. The van der Waals surface area contributed by atoms with Crippen molar-refractivity contribution in [3.63, 3.8) is 0 Å². The highest BCUT2D eigenvalue weighted by Gasteiger charge is 2.31. The Morgan fingerprint density at radius 2 is 2.29 bits per heavy atom. The molecule has 1 aromatic rings. The second kappa shape index (κ2) is 8.13. The molecule has 2 heterocycles. The SMILES string of the molecule is CCCNC(c1c(Cl)cnn1C)C1CN(CCC)CCO1. The highest BCUT2D eigenvalue weighted by Crippen LogP contribution is 2.28. The molecule has 0 aromatic carbocycles. The molecule has 0 radical (unpaired) electrons. The van der Waals surface area contributed by atoms with Gasteiger partial charge in [-0.1, -0.05) is 25.4 Å². The van der Waals surface area contributed by atoms with Gasteiger partial charge in [0.2, 0.25) is 0 Å². The van der Waals surface area contributed by atoms with E-state index in [2.05, 4.69) is 29.2 Å². The Morgan fingerprint density at radius 1 is 1.48 bits per heavy atom. The van der Waals surface area contributed by atoms with Crippen molar-refractivity contribution in [1.82, 2.24) is 20.0 Å². The molecule has 21 heavy (non-hydrogen) atoms. The summed E-state index contributed by atoms with van der Waals surface area (Å²) in [6.07, 6.45) is 4.08. The summed E-state index contributed by atoms with van der Waals surface area (Å²) in [5.74, 6) is 0. The topological polar surface area (TPSA) is 42.3 Å². The maximum atomic E-state index is 6.34. The summed E-state index contributed by atoms with van der Waals surface area (Å²) in [7, 11) is 1.94. The predicted octanol–water partition coefficient (Wildman–Crippen LogP) is 2.22. The van der Waals surface area contributed by atoms with Crippen LogP contribution in [0.15, 0.2) is 6.20 Å². The molecule has 0 saturated carbocycles. The number of nitrogens with one attached hydrogen (secondary N) is 1. The van der Waals surface area contributed by atoms with Crippen molar-refractivity contribution in [3.05, 3.63) is 16.9 Å². The number of aryl methyl sites for hydroxylation is 1. The second-order valence-corrected chi connectivity index (χ2v) is 6.05.